The second-order valence-electron chi connectivity index (χ2n) is 5.39. The summed E-state index contributed by atoms with van der Waals surface area (Å²) in [6.07, 6.45) is 14.7. The van der Waals surface area contributed by atoms with E-state index in [1.807, 2.05) is 24.3 Å². The van der Waals surface area contributed by atoms with Gasteiger partial charge in [-0.15, -0.1) is 0 Å². The third-order valence-corrected chi connectivity index (χ3v) is 4.04. The molecule has 1 amide bonds. The number of fused-ring (bicyclic) bond motifs is 1. The Labute approximate surface area is 143 Å². The van der Waals surface area contributed by atoms with Crippen LogP contribution in [0.4, 0.5) is 10.1 Å². The molecule has 2 aliphatic carbocycles. The van der Waals surface area contributed by atoms with Crippen LogP contribution >= 0.6 is 11.6 Å². The molecule has 0 aromatic heterocycles. The number of carbonyl (C=O) groups excluding carboxylic acids is 1. The lowest BCUT2D eigenvalue weighted by molar-refractivity contribution is -0.115. The molecule has 116 valence electrons. The van der Waals surface area contributed by atoms with Crippen molar-refractivity contribution in [2.24, 2.45) is 4.99 Å². The summed E-state index contributed by atoms with van der Waals surface area (Å²) in [6, 6.07) is 4.18. The molecular formula is C19H11ClFN2O+. The van der Waals surface area contributed by atoms with Crippen LogP contribution in [0.5, 0.6) is 0 Å². The second kappa shape index (κ2) is 5.65. The first-order valence-corrected chi connectivity index (χ1v) is 7.71. The Balaban J connectivity index is 1.83. The minimum atomic E-state index is -0.531. The molecule has 4 rings (SSSR count). The van der Waals surface area contributed by atoms with E-state index in [1.165, 1.54) is 23.1 Å². The molecule has 1 heterocycles. The van der Waals surface area contributed by atoms with Crippen LogP contribution in [0.25, 0.3) is 0 Å². The quantitative estimate of drug-likeness (QED) is 0.740. The Morgan fingerprint density at radius 2 is 2.00 bits per heavy atom. The minimum Gasteiger partial charge on any atom is -0.251 e. The summed E-state index contributed by atoms with van der Waals surface area (Å²) in [7, 11) is 0. The minimum absolute atomic E-state index is 0.0410. The largest absolute Gasteiger partial charge is 0.323 e. The van der Waals surface area contributed by atoms with E-state index in [2.05, 4.69) is 4.99 Å². The van der Waals surface area contributed by atoms with Gasteiger partial charge in [-0.25, -0.2) is 14.3 Å². The molecule has 0 unspecified atom stereocenters. The number of aliphatic imine (C=N–C) groups is 1. The highest BCUT2D eigenvalue weighted by Gasteiger charge is 2.40. The first-order valence-electron chi connectivity index (χ1n) is 7.34. The summed E-state index contributed by atoms with van der Waals surface area (Å²) in [5, 5.41) is -0.0410. The van der Waals surface area contributed by atoms with Crippen molar-refractivity contribution in [1.29, 1.82) is 0 Å². The monoisotopic (exact) mass is 337 g/mol. The summed E-state index contributed by atoms with van der Waals surface area (Å²) in [6.45, 7) is 0. The van der Waals surface area contributed by atoms with E-state index >= 15 is 0 Å². The Bertz CT molecular complexity index is 913. The predicted molar refractivity (Wildman–Crippen MR) is 93.2 cm³/mol. The van der Waals surface area contributed by atoms with Gasteiger partial charge in [-0.3, -0.25) is 4.79 Å². The van der Waals surface area contributed by atoms with Gasteiger partial charge in [0.15, 0.2) is 11.6 Å². The van der Waals surface area contributed by atoms with E-state index in [4.69, 9.17) is 11.6 Å². The third-order valence-electron chi connectivity index (χ3n) is 3.75. The van der Waals surface area contributed by atoms with Gasteiger partial charge < -0.3 is 0 Å². The number of amides is 1. The van der Waals surface area contributed by atoms with Gasteiger partial charge in [0.05, 0.1) is 28.9 Å². The standard InChI is InChI=1S/C19H11ClFN2O/c20-15-11-13(8-9-16(15)21)23-18(10-7-12-5-6-12)22-17-4-2-1-3-14(17)19(23)24/h1-11H/q+1/b18-10-. The fourth-order valence-electron chi connectivity index (χ4n) is 2.47. The first kappa shape index (κ1) is 14.7. The SMILES string of the molecule is O=C1[C+]2C=CC=CC2=N/C(=C/C=C2C=C2)N1c1ccc(F)c(Cl)c1. The molecule has 24 heavy (non-hydrogen) atoms. The molecule has 0 N–H and O–H groups in total. The molecule has 1 aromatic carbocycles. The number of carbonyl (C=O) groups is 1. The van der Waals surface area contributed by atoms with Crippen molar-refractivity contribution < 1.29 is 9.18 Å². The van der Waals surface area contributed by atoms with E-state index in [9.17, 15) is 9.18 Å². The van der Waals surface area contributed by atoms with E-state index < -0.39 is 5.82 Å². The van der Waals surface area contributed by atoms with Crippen LogP contribution in [-0.2, 0) is 4.79 Å². The Kier molecular flexibility index (Phi) is 3.47. The van der Waals surface area contributed by atoms with Crippen molar-refractivity contribution in [3.05, 3.63) is 95.0 Å². The van der Waals surface area contributed by atoms with Gasteiger partial charge >= 0.3 is 5.91 Å². The number of halogens is 2. The highest BCUT2D eigenvalue weighted by Crippen LogP contribution is 2.33. The summed E-state index contributed by atoms with van der Waals surface area (Å²) in [5.74, 6) is 0.198. The van der Waals surface area contributed by atoms with E-state index in [0.717, 1.165) is 5.57 Å². The molecule has 1 aliphatic heterocycles. The zero-order chi connectivity index (χ0) is 16.7. The number of allylic oxidation sites excluding steroid dienone is 8. The van der Waals surface area contributed by atoms with E-state index in [-0.39, 0.29) is 10.9 Å². The van der Waals surface area contributed by atoms with E-state index in [1.54, 1.807) is 24.3 Å². The van der Waals surface area contributed by atoms with Gasteiger partial charge in [-0.1, -0.05) is 29.8 Å². The van der Waals surface area contributed by atoms with Crippen LogP contribution in [0.3, 0.4) is 0 Å². The van der Waals surface area contributed by atoms with Crippen LogP contribution in [0, 0.1) is 11.7 Å². The van der Waals surface area contributed by atoms with Crippen LogP contribution in [0.15, 0.2) is 83.2 Å². The molecule has 3 nitrogen and oxygen atoms in total. The van der Waals surface area contributed by atoms with Gasteiger partial charge in [0, 0.05) is 6.08 Å². The zero-order valence-electron chi connectivity index (χ0n) is 12.4. The number of nitrogens with zero attached hydrogens (tertiary/aromatic N) is 2. The molecule has 0 bridgehead atoms. The fraction of sp³-hybridized carbons (Fsp3) is 0. The van der Waals surface area contributed by atoms with Gasteiger partial charge in [-0.05, 0) is 29.8 Å². The van der Waals surface area contributed by atoms with Gasteiger partial charge in [0.2, 0.25) is 0 Å². The van der Waals surface area contributed by atoms with Crippen LogP contribution < -0.4 is 4.90 Å². The predicted octanol–water partition coefficient (Wildman–Crippen LogP) is 4.30. The molecule has 1 aromatic rings. The molecule has 0 saturated heterocycles. The molecule has 3 aliphatic rings. The summed E-state index contributed by atoms with van der Waals surface area (Å²) in [4.78, 5) is 18.9. The van der Waals surface area contributed by atoms with Crippen molar-refractivity contribution in [2.75, 3.05) is 4.90 Å². The molecule has 0 atom stereocenters. The smallest absolute Gasteiger partial charge is 0.251 e. The number of benzene rings is 1. The maximum absolute atomic E-state index is 13.5. The topological polar surface area (TPSA) is 32.7 Å². The van der Waals surface area contributed by atoms with Crippen molar-refractivity contribution in [1.82, 2.24) is 0 Å². The highest BCUT2D eigenvalue weighted by atomic mass is 35.5. The Hall–Kier alpha value is -2.85. The molecule has 0 spiro atoms. The summed E-state index contributed by atoms with van der Waals surface area (Å²) in [5.41, 5.74) is 2.15. The lowest BCUT2D eigenvalue weighted by atomic mass is 9.94. The van der Waals surface area contributed by atoms with Crippen molar-refractivity contribution in [3.63, 3.8) is 0 Å². The zero-order valence-corrected chi connectivity index (χ0v) is 13.2. The number of rotatable bonds is 2. The Morgan fingerprint density at radius 1 is 1.17 bits per heavy atom. The third kappa shape index (κ3) is 2.61. The summed E-state index contributed by atoms with van der Waals surface area (Å²) >= 11 is 5.88. The lowest BCUT2D eigenvalue weighted by Gasteiger charge is -2.28. The van der Waals surface area contributed by atoms with Gasteiger partial charge in [0.25, 0.3) is 0 Å². The van der Waals surface area contributed by atoms with Crippen LogP contribution in [0.2, 0.25) is 5.02 Å². The normalized spacial score (nSPS) is 19.8. The molecule has 0 radical (unpaired) electrons. The lowest BCUT2D eigenvalue weighted by Crippen LogP contribution is -2.41. The molecule has 5 heteroatoms. The average Bonchev–Trinajstić information content (AvgIpc) is 3.40. The van der Waals surface area contributed by atoms with Gasteiger partial charge in [-0.2, -0.15) is 0 Å². The van der Waals surface area contributed by atoms with Crippen molar-refractivity contribution in [3.8, 4) is 0 Å². The second-order valence-corrected chi connectivity index (χ2v) is 5.80. The number of hydrogen-bond acceptors (Lipinski definition) is 2. The van der Waals surface area contributed by atoms with E-state index in [0.29, 0.717) is 23.1 Å². The Morgan fingerprint density at radius 3 is 2.75 bits per heavy atom. The molecule has 0 fully saturated rings. The molecule has 0 saturated carbocycles. The van der Waals surface area contributed by atoms with Gasteiger partial charge in [0.1, 0.15) is 11.6 Å². The highest BCUT2D eigenvalue weighted by molar-refractivity contribution is 6.33. The summed E-state index contributed by atoms with van der Waals surface area (Å²) < 4.78 is 13.5. The van der Waals surface area contributed by atoms with Crippen molar-refractivity contribution >= 4 is 28.9 Å². The van der Waals surface area contributed by atoms with Crippen LogP contribution in [-0.4, -0.2) is 11.6 Å². The maximum atomic E-state index is 13.5. The molecular weight excluding hydrogens is 327 g/mol. The first-order chi connectivity index (χ1) is 11.6. The van der Waals surface area contributed by atoms with Crippen LogP contribution in [0.1, 0.15) is 0 Å². The number of hydrogen-bond donors (Lipinski definition) is 0. The average molecular weight is 338 g/mol. The maximum Gasteiger partial charge on any atom is 0.323 e. The van der Waals surface area contributed by atoms with Crippen molar-refractivity contribution in [2.45, 2.75) is 0 Å². The fourth-order valence-corrected chi connectivity index (χ4v) is 2.64. The number of anilines is 1.